The monoisotopic (exact) mass is 560 g/mol. The summed E-state index contributed by atoms with van der Waals surface area (Å²) in [5, 5.41) is 2.80. The van der Waals surface area contributed by atoms with Gasteiger partial charge in [0.1, 0.15) is 6.54 Å². The van der Waals surface area contributed by atoms with Crippen molar-refractivity contribution >= 4 is 37.5 Å². The van der Waals surface area contributed by atoms with Gasteiger partial charge >= 0.3 is 0 Å². The Morgan fingerprint density at radius 1 is 1.03 bits per heavy atom. The number of anilines is 1. The number of benzene rings is 3. The molecule has 1 amide bonds. The van der Waals surface area contributed by atoms with Crippen LogP contribution in [0.4, 0.5) is 5.69 Å². The van der Waals surface area contributed by atoms with Crippen molar-refractivity contribution in [1.29, 1.82) is 0 Å². The van der Waals surface area contributed by atoms with Gasteiger partial charge in [-0.05, 0) is 68.8 Å². The molecule has 0 fully saturated rings. The molecule has 0 heterocycles. The summed E-state index contributed by atoms with van der Waals surface area (Å²) in [5.41, 5.74) is 2.12. The molecule has 3 aromatic rings. The second-order valence-corrected chi connectivity index (χ2v) is 11.0. The highest BCUT2D eigenvalue weighted by atomic mass is 79.9. The summed E-state index contributed by atoms with van der Waals surface area (Å²) in [5.74, 6) is 0.730. The van der Waals surface area contributed by atoms with E-state index in [1.165, 1.54) is 0 Å². The maximum Gasteiger partial charge on any atom is 0.264 e. The molecule has 0 aromatic heterocycles. The number of aryl methyl sites for hydroxylation is 1. The third-order valence-corrected chi connectivity index (χ3v) is 7.35. The average Bonchev–Trinajstić information content (AvgIpc) is 2.81. The van der Waals surface area contributed by atoms with E-state index in [2.05, 4.69) is 21.2 Å². The number of nitrogens with one attached hydrogen (secondary N) is 1. The first kappa shape index (κ1) is 26.6. The molecular formula is C26H29BrN2O5S. The minimum atomic E-state index is -3.98. The predicted molar refractivity (Wildman–Crippen MR) is 140 cm³/mol. The van der Waals surface area contributed by atoms with Crippen molar-refractivity contribution in [2.75, 3.05) is 18.0 Å². The molecule has 0 aliphatic carbocycles. The van der Waals surface area contributed by atoms with Gasteiger partial charge < -0.3 is 14.8 Å². The van der Waals surface area contributed by atoms with E-state index >= 15 is 0 Å². The van der Waals surface area contributed by atoms with Crippen LogP contribution in [0.3, 0.4) is 0 Å². The van der Waals surface area contributed by atoms with Crippen LogP contribution in [0.2, 0.25) is 0 Å². The van der Waals surface area contributed by atoms with Crippen LogP contribution in [0.25, 0.3) is 0 Å². The number of hydrogen-bond donors (Lipinski definition) is 1. The molecule has 0 aliphatic heterocycles. The van der Waals surface area contributed by atoms with E-state index in [4.69, 9.17) is 9.47 Å². The molecule has 1 N–H and O–H groups in total. The summed E-state index contributed by atoms with van der Waals surface area (Å²) >= 11 is 3.38. The van der Waals surface area contributed by atoms with Crippen LogP contribution in [-0.4, -0.2) is 34.1 Å². The Labute approximate surface area is 215 Å². The van der Waals surface area contributed by atoms with Gasteiger partial charge in [-0.3, -0.25) is 9.10 Å². The van der Waals surface area contributed by atoms with Crippen LogP contribution in [0.15, 0.2) is 76.1 Å². The van der Waals surface area contributed by atoms with Crippen molar-refractivity contribution in [1.82, 2.24) is 5.32 Å². The van der Waals surface area contributed by atoms with Gasteiger partial charge in [-0.1, -0.05) is 45.8 Å². The number of ether oxygens (including phenoxy) is 2. The van der Waals surface area contributed by atoms with Crippen molar-refractivity contribution in [3.05, 3.63) is 82.3 Å². The molecule has 3 rings (SSSR count). The Morgan fingerprint density at radius 3 is 2.37 bits per heavy atom. The molecule has 0 spiro atoms. The van der Waals surface area contributed by atoms with Gasteiger partial charge in [-0.2, -0.15) is 0 Å². The van der Waals surface area contributed by atoms with Gasteiger partial charge in [-0.25, -0.2) is 8.42 Å². The van der Waals surface area contributed by atoms with Crippen molar-refractivity contribution in [2.24, 2.45) is 0 Å². The van der Waals surface area contributed by atoms with Crippen LogP contribution >= 0.6 is 15.9 Å². The Morgan fingerprint density at radius 2 is 1.74 bits per heavy atom. The highest BCUT2D eigenvalue weighted by molar-refractivity contribution is 9.10. The molecule has 0 saturated heterocycles. The molecule has 186 valence electrons. The summed E-state index contributed by atoms with van der Waals surface area (Å²) in [6, 6.07) is 18.8. The SMILES string of the molecule is COc1cc(CNC(=O)CN(c2cccc(Br)c2)S(=O)(=O)c2ccc(C)cc2)ccc1OC(C)C. The molecule has 7 nitrogen and oxygen atoms in total. The number of carbonyl (C=O) groups excluding carboxylic acids is 1. The fraction of sp³-hybridized carbons (Fsp3) is 0.269. The van der Waals surface area contributed by atoms with E-state index in [0.717, 1.165) is 15.4 Å². The summed E-state index contributed by atoms with van der Waals surface area (Å²) in [6.07, 6.45) is -0.00561. The summed E-state index contributed by atoms with van der Waals surface area (Å²) in [4.78, 5) is 13.0. The summed E-state index contributed by atoms with van der Waals surface area (Å²) in [6.45, 7) is 5.56. The molecule has 0 radical (unpaired) electrons. The topological polar surface area (TPSA) is 84.9 Å². The van der Waals surface area contributed by atoms with Crippen LogP contribution in [0, 0.1) is 6.92 Å². The predicted octanol–water partition coefficient (Wildman–Crippen LogP) is 5.07. The van der Waals surface area contributed by atoms with E-state index in [1.807, 2.05) is 26.8 Å². The van der Waals surface area contributed by atoms with Crippen molar-refractivity contribution < 1.29 is 22.7 Å². The standard InChI is InChI=1S/C26H29BrN2O5S/c1-18(2)34-24-13-10-20(14-25(24)33-4)16-28-26(30)17-29(22-7-5-6-21(27)15-22)35(31,32)23-11-8-19(3)9-12-23/h5-15,18H,16-17H2,1-4H3,(H,28,30). The van der Waals surface area contributed by atoms with Crippen molar-refractivity contribution in [2.45, 2.75) is 38.3 Å². The normalized spacial score (nSPS) is 11.3. The van der Waals surface area contributed by atoms with Crippen LogP contribution < -0.4 is 19.1 Å². The lowest BCUT2D eigenvalue weighted by Gasteiger charge is -2.24. The van der Waals surface area contributed by atoms with Gasteiger partial charge in [0, 0.05) is 11.0 Å². The third kappa shape index (κ3) is 6.99. The van der Waals surface area contributed by atoms with Gasteiger partial charge in [0.2, 0.25) is 5.91 Å². The van der Waals surface area contributed by atoms with E-state index in [1.54, 1.807) is 67.8 Å². The second kappa shape index (κ2) is 11.6. The highest BCUT2D eigenvalue weighted by Crippen LogP contribution is 2.29. The maximum atomic E-state index is 13.5. The molecule has 9 heteroatoms. The molecule has 0 unspecified atom stereocenters. The smallest absolute Gasteiger partial charge is 0.264 e. The molecule has 0 bridgehead atoms. The van der Waals surface area contributed by atoms with E-state index in [0.29, 0.717) is 21.7 Å². The zero-order valence-electron chi connectivity index (χ0n) is 20.1. The number of nitrogens with zero attached hydrogens (tertiary/aromatic N) is 1. The Bertz CT molecular complexity index is 1280. The van der Waals surface area contributed by atoms with E-state index in [-0.39, 0.29) is 24.1 Å². The summed E-state index contributed by atoms with van der Waals surface area (Å²) < 4.78 is 39.9. The fourth-order valence-electron chi connectivity index (χ4n) is 3.34. The lowest BCUT2D eigenvalue weighted by atomic mass is 10.2. The van der Waals surface area contributed by atoms with Gasteiger partial charge in [-0.15, -0.1) is 0 Å². The van der Waals surface area contributed by atoms with Gasteiger partial charge in [0.05, 0.1) is 23.8 Å². The van der Waals surface area contributed by atoms with Gasteiger partial charge in [0.15, 0.2) is 11.5 Å². The van der Waals surface area contributed by atoms with E-state index in [9.17, 15) is 13.2 Å². The number of hydrogen-bond acceptors (Lipinski definition) is 5. The minimum Gasteiger partial charge on any atom is -0.493 e. The van der Waals surface area contributed by atoms with Crippen LogP contribution in [0.5, 0.6) is 11.5 Å². The largest absolute Gasteiger partial charge is 0.493 e. The minimum absolute atomic E-state index is 0.00561. The number of sulfonamides is 1. The van der Waals surface area contributed by atoms with E-state index < -0.39 is 15.9 Å². The fourth-order valence-corrected chi connectivity index (χ4v) is 5.14. The number of methoxy groups -OCH3 is 1. The lowest BCUT2D eigenvalue weighted by Crippen LogP contribution is -2.40. The highest BCUT2D eigenvalue weighted by Gasteiger charge is 2.27. The first-order valence-electron chi connectivity index (χ1n) is 11.1. The van der Waals surface area contributed by atoms with Crippen LogP contribution in [-0.2, 0) is 21.4 Å². The Balaban J connectivity index is 1.80. The quantitative estimate of drug-likeness (QED) is 0.374. The molecule has 3 aromatic carbocycles. The molecule has 35 heavy (non-hydrogen) atoms. The Hall–Kier alpha value is -3.04. The summed E-state index contributed by atoms with van der Waals surface area (Å²) in [7, 11) is -2.43. The number of halogens is 1. The zero-order chi connectivity index (χ0) is 25.6. The lowest BCUT2D eigenvalue weighted by molar-refractivity contribution is -0.119. The Kier molecular flexibility index (Phi) is 8.80. The number of rotatable bonds is 10. The first-order valence-corrected chi connectivity index (χ1v) is 13.3. The van der Waals surface area contributed by atoms with Crippen molar-refractivity contribution in [3.63, 3.8) is 0 Å². The maximum absolute atomic E-state index is 13.5. The zero-order valence-corrected chi connectivity index (χ0v) is 22.5. The number of carbonyl (C=O) groups is 1. The van der Waals surface area contributed by atoms with Crippen LogP contribution in [0.1, 0.15) is 25.0 Å². The molecule has 0 atom stereocenters. The molecule has 0 saturated carbocycles. The second-order valence-electron chi connectivity index (χ2n) is 8.23. The molecular weight excluding hydrogens is 532 g/mol. The van der Waals surface area contributed by atoms with Crippen molar-refractivity contribution in [3.8, 4) is 11.5 Å². The first-order chi connectivity index (χ1) is 16.6. The number of amides is 1. The molecule has 0 aliphatic rings. The average molecular weight is 561 g/mol. The third-order valence-electron chi connectivity index (χ3n) is 5.07. The van der Waals surface area contributed by atoms with Gasteiger partial charge in [0.25, 0.3) is 10.0 Å².